The first kappa shape index (κ1) is 18.6. The first-order chi connectivity index (χ1) is 10.5. The zero-order chi connectivity index (χ0) is 16.5. The second-order valence-corrected chi connectivity index (χ2v) is 5.21. The first-order valence-corrected chi connectivity index (χ1v) is 7.72. The predicted octanol–water partition coefficient (Wildman–Crippen LogP) is 2.70. The third kappa shape index (κ3) is 5.42. The van der Waals surface area contributed by atoms with Gasteiger partial charge < -0.3 is 18.9 Å². The Bertz CT molecular complexity index is 417. The summed E-state index contributed by atoms with van der Waals surface area (Å²) in [5, 5.41) is 0. The minimum Gasteiger partial charge on any atom is -0.472 e. The minimum atomic E-state index is -0.0354. The van der Waals surface area contributed by atoms with Crippen molar-refractivity contribution in [3.63, 3.8) is 0 Å². The molecular weight excluding hydrogens is 284 g/mol. The van der Waals surface area contributed by atoms with Crippen LogP contribution in [0.2, 0.25) is 0 Å². The van der Waals surface area contributed by atoms with Gasteiger partial charge in [-0.05, 0) is 26.7 Å². The van der Waals surface area contributed by atoms with Gasteiger partial charge in [0.05, 0.1) is 18.8 Å². The molecule has 0 fully saturated rings. The van der Waals surface area contributed by atoms with Crippen molar-refractivity contribution < 1.29 is 18.9 Å². The molecule has 6 heteroatoms. The van der Waals surface area contributed by atoms with E-state index < -0.39 is 0 Å². The molecule has 0 aliphatic rings. The van der Waals surface area contributed by atoms with Crippen molar-refractivity contribution in [3.8, 4) is 11.8 Å². The van der Waals surface area contributed by atoms with Crippen LogP contribution < -0.4 is 9.47 Å². The molecule has 0 spiro atoms. The molecule has 0 saturated heterocycles. The fourth-order valence-electron chi connectivity index (χ4n) is 1.97. The third-order valence-electron chi connectivity index (χ3n) is 3.34. The summed E-state index contributed by atoms with van der Waals surface area (Å²) in [5.41, 5.74) is 0.801. The van der Waals surface area contributed by atoms with Gasteiger partial charge in [0.2, 0.25) is 11.8 Å². The smallest absolute Gasteiger partial charge is 0.223 e. The summed E-state index contributed by atoms with van der Waals surface area (Å²) < 4.78 is 22.2. The highest BCUT2D eigenvalue weighted by atomic mass is 16.5. The fraction of sp³-hybridized carbons (Fsp3) is 0.750. The first-order valence-electron chi connectivity index (χ1n) is 7.72. The van der Waals surface area contributed by atoms with Crippen LogP contribution >= 0.6 is 0 Å². The molecule has 0 N–H and O–H groups in total. The molecule has 1 aromatic heterocycles. The van der Waals surface area contributed by atoms with Crippen LogP contribution in [0.5, 0.6) is 11.8 Å². The Hall–Kier alpha value is -1.40. The maximum Gasteiger partial charge on any atom is 0.223 e. The molecule has 0 aliphatic heterocycles. The zero-order valence-electron chi connectivity index (χ0n) is 14.5. The minimum absolute atomic E-state index is 0.0354. The maximum atomic E-state index is 5.94. The van der Waals surface area contributed by atoms with Gasteiger partial charge in [-0.3, -0.25) is 0 Å². The van der Waals surface area contributed by atoms with E-state index in [0.29, 0.717) is 30.8 Å². The van der Waals surface area contributed by atoms with Gasteiger partial charge in [0.25, 0.3) is 0 Å². The number of aromatic nitrogens is 2. The highest BCUT2D eigenvalue weighted by Gasteiger charge is 2.18. The number of aryl methyl sites for hydroxylation is 1. The van der Waals surface area contributed by atoms with Gasteiger partial charge in [0.15, 0.2) is 0 Å². The quantitative estimate of drug-likeness (QED) is 0.662. The van der Waals surface area contributed by atoms with Crippen LogP contribution in [-0.2, 0) is 9.47 Å². The van der Waals surface area contributed by atoms with Crippen LogP contribution in [0.15, 0.2) is 0 Å². The summed E-state index contributed by atoms with van der Waals surface area (Å²) in [4.78, 5) is 8.76. The molecule has 1 aromatic rings. The summed E-state index contributed by atoms with van der Waals surface area (Å²) in [6.45, 7) is 8.89. The summed E-state index contributed by atoms with van der Waals surface area (Å²) in [5.74, 6) is 1.73. The Kier molecular flexibility index (Phi) is 8.12. The highest BCUT2D eigenvalue weighted by molar-refractivity contribution is 5.34. The Labute approximate surface area is 133 Å². The molecule has 0 amide bonds. The van der Waals surface area contributed by atoms with E-state index in [-0.39, 0.29) is 12.2 Å². The van der Waals surface area contributed by atoms with Crippen molar-refractivity contribution in [1.82, 2.24) is 9.97 Å². The molecule has 1 rings (SSSR count). The monoisotopic (exact) mass is 312 g/mol. The van der Waals surface area contributed by atoms with Crippen molar-refractivity contribution in [2.45, 2.75) is 52.7 Å². The van der Waals surface area contributed by atoms with Crippen LogP contribution in [0, 0.1) is 13.8 Å². The summed E-state index contributed by atoms with van der Waals surface area (Å²) in [6, 6.07) is 0. The average molecular weight is 312 g/mol. The lowest BCUT2D eigenvalue weighted by Gasteiger charge is -2.21. The van der Waals surface area contributed by atoms with Crippen LogP contribution in [0.3, 0.4) is 0 Å². The van der Waals surface area contributed by atoms with Crippen LogP contribution in [-0.4, -0.2) is 49.6 Å². The van der Waals surface area contributed by atoms with Gasteiger partial charge in [0.1, 0.15) is 18.0 Å². The Morgan fingerprint density at radius 2 is 1.23 bits per heavy atom. The number of rotatable bonds is 10. The molecule has 0 saturated carbocycles. The van der Waals surface area contributed by atoms with Gasteiger partial charge in [-0.2, -0.15) is 9.97 Å². The van der Waals surface area contributed by atoms with Crippen molar-refractivity contribution in [3.05, 3.63) is 11.4 Å². The van der Waals surface area contributed by atoms with Crippen LogP contribution in [0.25, 0.3) is 0 Å². The van der Waals surface area contributed by atoms with E-state index in [1.165, 1.54) is 0 Å². The van der Waals surface area contributed by atoms with Gasteiger partial charge in [-0.1, -0.05) is 13.8 Å². The lowest BCUT2D eigenvalue weighted by molar-refractivity contribution is 0.0683. The lowest BCUT2D eigenvalue weighted by Crippen LogP contribution is -2.24. The number of ether oxygens (including phenoxy) is 4. The zero-order valence-corrected chi connectivity index (χ0v) is 14.5. The summed E-state index contributed by atoms with van der Waals surface area (Å²) in [6.07, 6.45) is 1.61. The standard InChI is InChI=1S/C16H28N2O4/c1-7-13(9-19-5)21-15-11(3)16(18-12(4)17-15)22-14(8-2)10-20-6/h13-14H,7-10H2,1-6H3. The van der Waals surface area contributed by atoms with E-state index in [1.54, 1.807) is 14.2 Å². The molecule has 0 aliphatic carbocycles. The SMILES string of the molecule is CCC(COC)Oc1nc(C)nc(OC(CC)COC)c1C. The Morgan fingerprint density at radius 1 is 0.818 bits per heavy atom. The normalized spacial score (nSPS) is 13.7. The van der Waals surface area contributed by atoms with Crippen molar-refractivity contribution >= 4 is 0 Å². The van der Waals surface area contributed by atoms with E-state index in [1.807, 2.05) is 13.8 Å². The van der Waals surface area contributed by atoms with Gasteiger partial charge in [-0.25, -0.2) is 0 Å². The lowest BCUT2D eigenvalue weighted by atomic mass is 10.2. The number of nitrogens with zero attached hydrogens (tertiary/aromatic N) is 2. The van der Waals surface area contributed by atoms with Gasteiger partial charge in [-0.15, -0.1) is 0 Å². The second kappa shape index (κ2) is 9.58. The molecule has 1 heterocycles. The fourth-order valence-corrected chi connectivity index (χ4v) is 1.97. The molecule has 0 aromatic carbocycles. The van der Waals surface area contributed by atoms with E-state index in [4.69, 9.17) is 18.9 Å². The predicted molar refractivity (Wildman–Crippen MR) is 84.7 cm³/mol. The molecular formula is C16H28N2O4. The number of hydrogen-bond donors (Lipinski definition) is 0. The molecule has 126 valence electrons. The summed E-state index contributed by atoms with van der Waals surface area (Å²) >= 11 is 0. The van der Waals surface area contributed by atoms with Gasteiger partial charge >= 0.3 is 0 Å². The van der Waals surface area contributed by atoms with Crippen molar-refractivity contribution in [1.29, 1.82) is 0 Å². The topological polar surface area (TPSA) is 62.7 Å². The average Bonchev–Trinajstić information content (AvgIpc) is 2.50. The molecule has 0 radical (unpaired) electrons. The molecule has 6 nitrogen and oxygen atoms in total. The molecule has 0 bridgehead atoms. The van der Waals surface area contributed by atoms with Crippen LogP contribution in [0.1, 0.15) is 38.1 Å². The van der Waals surface area contributed by atoms with E-state index in [9.17, 15) is 0 Å². The number of hydrogen-bond acceptors (Lipinski definition) is 6. The Morgan fingerprint density at radius 3 is 1.55 bits per heavy atom. The molecule has 2 atom stereocenters. The van der Waals surface area contributed by atoms with E-state index in [2.05, 4.69) is 23.8 Å². The molecule has 22 heavy (non-hydrogen) atoms. The third-order valence-corrected chi connectivity index (χ3v) is 3.34. The van der Waals surface area contributed by atoms with E-state index in [0.717, 1.165) is 18.4 Å². The van der Waals surface area contributed by atoms with Crippen molar-refractivity contribution in [2.24, 2.45) is 0 Å². The second-order valence-electron chi connectivity index (χ2n) is 5.21. The number of methoxy groups -OCH3 is 2. The highest BCUT2D eigenvalue weighted by Crippen LogP contribution is 2.26. The Balaban J connectivity index is 2.95. The largest absolute Gasteiger partial charge is 0.472 e. The van der Waals surface area contributed by atoms with Gasteiger partial charge in [0, 0.05) is 14.2 Å². The van der Waals surface area contributed by atoms with E-state index >= 15 is 0 Å². The molecule has 2 unspecified atom stereocenters. The van der Waals surface area contributed by atoms with Crippen molar-refractivity contribution in [2.75, 3.05) is 27.4 Å². The maximum absolute atomic E-state index is 5.94. The van der Waals surface area contributed by atoms with Crippen LogP contribution in [0.4, 0.5) is 0 Å². The summed E-state index contributed by atoms with van der Waals surface area (Å²) in [7, 11) is 3.32.